The highest BCUT2D eigenvalue weighted by molar-refractivity contribution is 5.76. The van der Waals surface area contributed by atoms with Gasteiger partial charge in [-0.25, -0.2) is 0 Å². The number of hydrogen-bond donors (Lipinski definition) is 2. The third-order valence-electron chi connectivity index (χ3n) is 2.44. The molecule has 88 valence electrons. The first-order valence-corrected chi connectivity index (χ1v) is 5.83. The lowest BCUT2D eigenvalue weighted by atomic mass is 10.1. The minimum absolute atomic E-state index is 0.126. The molecular weight excluding hydrogens is 200 g/mol. The summed E-state index contributed by atoms with van der Waals surface area (Å²) in [6, 6.07) is 10.1. The summed E-state index contributed by atoms with van der Waals surface area (Å²) in [7, 11) is 0. The van der Waals surface area contributed by atoms with Gasteiger partial charge >= 0.3 is 0 Å². The number of hydrogen-bond acceptors (Lipinski definition) is 2. The van der Waals surface area contributed by atoms with Crippen LogP contribution in [-0.2, 0) is 11.2 Å². The number of nitrogens with two attached hydrogens (primary N) is 1. The van der Waals surface area contributed by atoms with E-state index in [0.29, 0.717) is 13.0 Å². The first-order chi connectivity index (χ1) is 7.83. The molecule has 16 heavy (non-hydrogen) atoms. The molecule has 0 fully saturated rings. The van der Waals surface area contributed by atoms with Gasteiger partial charge in [-0.05, 0) is 31.4 Å². The molecule has 0 spiro atoms. The fraction of sp³-hybridized carbons (Fsp3) is 0.462. The van der Waals surface area contributed by atoms with Gasteiger partial charge in [-0.2, -0.15) is 0 Å². The van der Waals surface area contributed by atoms with Crippen LogP contribution in [0.3, 0.4) is 0 Å². The lowest BCUT2D eigenvalue weighted by Crippen LogP contribution is -2.25. The van der Waals surface area contributed by atoms with Gasteiger partial charge in [0.05, 0.1) is 0 Å². The van der Waals surface area contributed by atoms with Gasteiger partial charge in [0.2, 0.25) is 5.91 Å². The molecule has 3 nitrogen and oxygen atoms in total. The molecule has 0 unspecified atom stereocenters. The minimum Gasteiger partial charge on any atom is -0.356 e. The van der Waals surface area contributed by atoms with E-state index < -0.39 is 0 Å². The topological polar surface area (TPSA) is 55.1 Å². The smallest absolute Gasteiger partial charge is 0.220 e. The highest BCUT2D eigenvalue weighted by atomic mass is 16.1. The van der Waals surface area contributed by atoms with E-state index in [1.807, 2.05) is 30.3 Å². The molecule has 0 aliphatic heterocycles. The number of unbranched alkanes of at least 4 members (excludes halogenated alkanes) is 1. The zero-order valence-corrected chi connectivity index (χ0v) is 9.61. The molecule has 3 N–H and O–H groups in total. The zero-order chi connectivity index (χ0) is 11.6. The lowest BCUT2D eigenvalue weighted by Gasteiger charge is -2.04. The van der Waals surface area contributed by atoms with Gasteiger partial charge in [0.25, 0.3) is 0 Å². The normalized spacial score (nSPS) is 10.1. The Hall–Kier alpha value is -1.35. The van der Waals surface area contributed by atoms with Crippen molar-refractivity contribution >= 4 is 5.91 Å². The maximum atomic E-state index is 11.4. The van der Waals surface area contributed by atoms with Crippen LogP contribution in [0.2, 0.25) is 0 Å². The molecule has 1 amide bonds. The van der Waals surface area contributed by atoms with Crippen LogP contribution in [0.4, 0.5) is 0 Å². The van der Waals surface area contributed by atoms with E-state index in [-0.39, 0.29) is 5.91 Å². The molecule has 1 rings (SSSR count). The summed E-state index contributed by atoms with van der Waals surface area (Å²) in [6.45, 7) is 1.44. The molecule has 3 heteroatoms. The van der Waals surface area contributed by atoms with E-state index in [4.69, 9.17) is 5.73 Å². The van der Waals surface area contributed by atoms with Crippen molar-refractivity contribution in [2.24, 2.45) is 5.73 Å². The van der Waals surface area contributed by atoms with E-state index in [1.54, 1.807) is 0 Å². The van der Waals surface area contributed by atoms with Crippen molar-refractivity contribution < 1.29 is 4.79 Å². The van der Waals surface area contributed by atoms with E-state index in [1.165, 1.54) is 5.56 Å². The number of nitrogens with one attached hydrogen (secondary N) is 1. The average molecular weight is 220 g/mol. The minimum atomic E-state index is 0.126. The maximum absolute atomic E-state index is 11.4. The van der Waals surface area contributed by atoms with Gasteiger partial charge in [0, 0.05) is 13.0 Å². The molecule has 1 aromatic carbocycles. The molecule has 1 aromatic rings. The first kappa shape index (κ1) is 12.7. The Bertz CT molecular complexity index is 298. The Morgan fingerprint density at radius 1 is 1.19 bits per heavy atom. The van der Waals surface area contributed by atoms with Crippen molar-refractivity contribution in [3.05, 3.63) is 35.9 Å². The summed E-state index contributed by atoms with van der Waals surface area (Å²) in [6.07, 6.45) is 3.31. The van der Waals surface area contributed by atoms with Crippen LogP contribution in [-0.4, -0.2) is 19.0 Å². The Morgan fingerprint density at radius 3 is 2.62 bits per heavy atom. The lowest BCUT2D eigenvalue weighted by molar-refractivity contribution is -0.121. The van der Waals surface area contributed by atoms with Gasteiger partial charge in [-0.15, -0.1) is 0 Å². The summed E-state index contributed by atoms with van der Waals surface area (Å²) in [5, 5.41) is 2.89. The van der Waals surface area contributed by atoms with Gasteiger partial charge in [-0.3, -0.25) is 4.79 Å². The van der Waals surface area contributed by atoms with Crippen molar-refractivity contribution in [3.63, 3.8) is 0 Å². The second kappa shape index (κ2) is 7.88. The zero-order valence-electron chi connectivity index (χ0n) is 9.61. The van der Waals surface area contributed by atoms with Crippen molar-refractivity contribution in [2.45, 2.75) is 25.7 Å². The molecule has 0 bridgehead atoms. The molecular formula is C13H20N2O. The van der Waals surface area contributed by atoms with Crippen LogP contribution in [0, 0.1) is 0 Å². The Morgan fingerprint density at radius 2 is 1.94 bits per heavy atom. The number of benzene rings is 1. The fourth-order valence-electron chi connectivity index (χ4n) is 1.49. The molecule has 0 saturated carbocycles. The quantitative estimate of drug-likeness (QED) is 0.684. The number of carbonyl (C=O) groups is 1. The second-order valence-corrected chi connectivity index (χ2v) is 3.83. The highest BCUT2D eigenvalue weighted by Gasteiger charge is 2.00. The maximum Gasteiger partial charge on any atom is 0.220 e. The summed E-state index contributed by atoms with van der Waals surface area (Å²) in [5.74, 6) is 0.126. The Balaban J connectivity index is 2.11. The van der Waals surface area contributed by atoms with Gasteiger partial charge in [-0.1, -0.05) is 30.3 Å². The van der Waals surface area contributed by atoms with E-state index in [9.17, 15) is 4.79 Å². The van der Waals surface area contributed by atoms with Crippen LogP contribution in [0.25, 0.3) is 0 Å². The predicted molar refractivity (Wildman–Crippen MR) is 66.1 cm³/mol. The second-order valence-electron chi connectivity index (χ2n) is 3.83. The third-order valence-corrected chi connectivity index (χ3v) is 2.44. The monoisotopic (exact) mass is 220 g/mol. The van der Waals surface area contributed by atoms with Crippen molar-refractivity contribution in [3.8, 4) is 0 Å². The summed E-state index contributed by atoms with van der Waals surface area (Å²) >= 11 is 0. The van der Waals surface area contributed by atoms with Crippen molar-refractivity contribution in [1.29, 1.82) is 0 Å². The van der Waals surface area contributed by atoms with E-state index >= 15 is 0 Å². The molecule has 0 aromatic heterocycles. The number of aryl methyl sites for hydroxylation is 1. The third kappa shape index (κ3) is 5.51. The van der Waals surface area contributed by atoms with Gasteiger partial charge in [0.1, 0.15) is 0 Å². The SMILES string of the molecule is NCCCCNC(=O)CCc1ccccc1. The van der Waals surface area contributed by atoms with E-state index in [2.05, 4.69) is 5.32 Å². The number of amides is 1. The summed E-state index contributed by atoms with van der Waals surface area (Å²) < 4.78 is 0. The van der Waals surface area contributed by atoms with Gasteiger partial charge in [0.15, 0.2) is 0 Å². The summed E-state index contributed by atoms with van der Waals surface area (Å²) in [4.78, 5) is 11.4. The van der Waals surface area contributed by atoms with Crippen LogP contribution >= 0.6 is 0 Å². The Kier molecular flexibility index (Phi) is 6.26. The average Bonchev–Trinajstić information content (AvgIpc) is 2.33. The summed E-state index contributed by atoms with van der Waals surface area (Å²) in [5.41, 5.74) is 6.58. The van der Waals surface area contributed by atoms with Crippen LogP contribution in [0.5, 0.6) is 0 Å². The van der Waals surface area contributed by atoms with Crippen LogP contribution < -0.4 is 11.1 Å². The van der Waals surface area contributed by atoms with Crippen molar-refractivity contribution in [1.82, 2.24) is 5.32 Å². The molecule has 0 atom stereocenters. The number of carbonyl (C=O) groups excluding carboxylic acids is 1. The first-order valence-electron chi connectivity index (χ1n) is 5.83. The Labute approximate surface area is 97.0 Å². The molecule has 0 saturated heterocycles. The van der Waals surface area contributed by atoms with Crippen LogP contribution in [0.1, 0.15) is 24.8 Å². The molecule has 0 radical (unpaired) electrons. The van der Waals surface area contributed by atoms with Gasteiger partial charge < -0.3 is 11.1 Å². The molecule has 0 aliphatic carbocycles. The fourth-order valence-corrected chi connectivity index (χ4v) is 1.49. The predicted octanol–water partition coefficient (Wildman–Crippen LogP) is 1.47. The van der Waals surface area contributed by atoms with E-state index in [0.717, 1.165) is 25.8 Å². The standard InChI is InChI=1S/C13H20N2O/c14-10-4-5-11-15-13(16)9-8-12-6-2-1-3-7-12/h1-3,6-7H,4-5,8-11,14H2,(H,15,16). The highest BCUT2D eigenvalue weighted by Crippen LogP contribution is 2.01. The van der Waals surface area contributed by atoms with Crippen molar-refractivity contribution in [2.75, 3.05) is 13.1 Å². The molecule has 0 heterocycles. The largest absolute Gasteiger partial charge is 0.356 e. The number of rotatable bonds is 7. The van der Waals surface area contributed by atoms with Crippen LogP contribution in [0.15, 0.2) is 30.3 Å². The molecule has 0 aliphatic rings.